The van der Waals surface area contributed by atoms with Gasteiger partial charge in [-0.05, 0) is 30.3 Å². The first-order valence-corrected chi connectivity index (χ1v) is 8.26. The highest BCUT2D eigenvalue weighted by molar-refractivity contribution is 6.00. The molecule has 142 valence electrons. The Bertz CT molecular complexity index is 1030. The average molecular weight is 379 g/mol. The molecule has 3 rings (SSSR count). The summed E-state index contributed by atoms with van der Waals surface area (Å²) >= 11 is 0. The van der Waals surface area contributed by atoms with Crippen LogP contribution in [-0.4, -0.2) is 32.6 Å². The van der Waals surface area contributed by atoms with E-state index in [2.05, 4.69) is 21.3 Å². The summed E-state index contributed by atoms with van der Waals surface area (Å²) in [5.41, 5.74) is 5.54. The fraction of sp³-hybridized carbons (Fsp3) is 0.0526. The topological polar surface area (TPSA) is 125 Å². The molecule has 0 radical (unpaired) electrons. The predicted octanol–water partition coefficient (Wildman–Crippen LogP) is 1.61. The molecule has 2 aromatic carbocycles. The van der Waals surface area contributed by atoms with E-state index in [-0.39, 0.29) is 22.9 Å². The first-order valence-electron chi connectivity index (χ1n) is 8.26. The fourth-order valence-corrected chi connectivity index (χ4v) is 2.43. The molecule has 28 heavy (non-hydrogen) atoms. The van der Waals surface area contributed by atoms with Crippen molar-refractivity contribution in [2.75, 3.05) is 5.32 Å². The number of nitrogens with one attached hydrogen (secondary N) is 3. The van der Waals surface area contributed by atoms with Crippen LogP contribution in [0.1, 0.15) is 27.8 Å². The number of carbonyl (C=O) groups is 3. The van der Waals surface area contributed by atoms with Gasteiger partial charge in [0.05, 0.1) is 11.9 Å². The van der Waals surface area contributed by atoms with Gasteiger partial charge in [-0.3, -0.25) is 25.2 Å². The lowest BCUT2D eigenvalue weighted by Crippen LogP contribution is -2.41. The molecule has 0 spiro atoms. The van der Waals surface area contributed by atoms with Gasteiger partial charge in [0, 0.05) is 18.2 Å². The lowest BCUT2D eigenvalue weighted by atomic mass is 10.2. The van der Waals surface area contributed by atoms with Gasteiger partial charge < -0.3 is 10.4 Å². The Kier molecular flexibility index (Phi) is 5.35. The molecule has 3 aromatic rings. The molecule has 0 aliphatic carbocycles. The van der Waals surface area contributed by atoms with E-state index in [4.69, 9.17) is 0 Å². The minimum Gasteiger partial charge on any atom is -0.504 e. The molecule has 1 heterocycles. The highest BCUT2D eigenvalue weighted by Gasteiger charge is 2.18. The molecule has 0 unspecified atom stereocenters. The smallest absolute Gasteiger partial charge is 0.294 e. The number of carbonyl (C=O) groups excluding carboxylic acids is 3. The van der Waals surface area contributed by atoms with Crippen LogP contribution in [0.5, 0.6) is 5.75 Å². The van der Waals surface area contributed by atoms with Gasteiger partial charge in [-0.2, -0.15) is 5.10 Å². The Morgan fingerprint density at radius 2 is 1.68 bits per heavy atom. The van der Waals surface area contributed by atoms with Crippen molar-refractivity contribution in [1.82, 2.24) is 20.6 Å². The van der Waals surface area contributed by atoms with Gasteiger partial charge in [-0.25, -0.2) is 4.68 Å². The third kappa shape index (κ3) is 4.33. The van der Waals surface area contributed by atoms with Gasteiger partial charge >= 0.3 is 0 Å². The second-order valence-corrected chi connectivity index (χ2v) is 5.81. The maximum Gasteiger partial charge on any atom is 0.294 e. The molecule has 1 aromatic heterocycles. The Hall–Kier alpha value is -4.14. The van der Waals surface area contributed by atoms with E-state index < -0.39 is 11.8 Å². The van der Waals surface area contributed by atoms with Crippen LogP contribution in [0.4, 0.5) is 5.69 Å². The third-order valence-electron chi connectivity index (χ3n) is 3.67. The van der Waals surface area contributed by atoms with Crippen LogP contribution in [-0.2, 0) is 4.79 Å². The minimum atomic E-state index is -0.779. The Morgan fingerprint density at radius 1 is 0.964 bits per heavy atom. The van der Waals surface area contributed by atoms with Gasteiger partial charge in [-0.15, -0.1) is 0 Å². The normalized spacial score (nSPS) is 10.2. The summed E-state index contributed by atoms with van der Waals surface area (Å²) in [5.74, 6) is -1.97. The third-order valence-corrected chi connectivity index (χ3v) is 3.67. The van der Waals surface area contributed by atoms with Crippen molar-refractivity contribution >= 4 is 23.4 Å². The number of aromatic nitrogens is 2. The molecule has 0 atom stereocenters. The number of hydrazine groups is 1. The molecule has 0 saturated carbocycles. The van der Waals surface area contributed by atoms with E-state index >= 15 is 0 Å². The van der Waals surface area contributed by atoms with Crippen LogP contribution < -0.4 is 16.2 Å². The van der Waals surface area contributed by atoms with Crippen molar-refractivity contribution in [2.45, 2.75) is 6.92 Å². The van der Waals surface area contributed by atoms with Crippen molar-refractivity contribution in [3.05, 3.63) is 72.1 Å². The van der Waals surface area contributed by atoms with E-state index in [1.807, 2.05) is 6.07 Å². The summed E-state index contributed by atoms with van der Waals surface area (Å²) in [5, 5.41) is 16.6. The predicted molar refractivity (Wildman–Crippen MR) is 101 cm³/mol. The number of benzene rings is 2. The molecule has 9 nitrogen and oxygen atoms in total. The van der Waals surface area contributed by atoms with Crippen molar-refractivity contribution in [3.63, 3.8) is 0 Å². The number of nitrogens with zero attached hydrogens (tertiary/aromatic N) is 2. The lowest BCUT2D eigenvalue weighted by Gasteiger charge is -2.08. The van der Waals surface area contributed by atoms with Gasteiger partial charge in [0.2, 0.25) is 5.91 Å². The summed E-state index contributed by atoms with van der Waals surface area (Å²) < 4.78 is 1.35. The molecular formula is C19H17N5O4. The van der Waals surface area contributed by atoms with Gasteiger partial charge in [0.1, 0.15) is 0 Å². The molecule has 9 heteroatoms. The minimum absolute atomic E-state index is 0.227. The number of aromatic hydroxyl groups is 1. The van der Waals surface area contributed by atoms with Crippen LogP contribution >= 0.6 is 0 Å². The molecular weight excluding hydrogens is 362 g/mol. The highest BCUT2D eigenvalue weighted by Crippen LogP contribution is 2.17. The second-order valence-electron chi connectivity index (χ2n) is 5.81. The van der Waals surface area contributed by atoms with Gasteiger partial charge in [0.15, 0.2) is 11.4 Å². The van der Waals surface area contributed by atoms with Crippen LogP contribution in [0.25, 0.3) is 5.69 Å². The zero-order valence-corrected chi connectivity index (χ0v) is 14.8. The summed E-state index contributed by atoms with van der Waals surface area (Å²) in [4.78, 5) is 35.5. The van der Waals surface area contributed by atoms with E-state index in [1.165, 1.54) is 29.9 Å². The van der Waals surface area contributed by atoms with Crippen molar-refractivity contribution in [2.24, 2.45) is 0 Å². The zero-order chi connectivity index (χ0) is 20.1. The maximum absolute atomic E-state index is 12.2. The van der Waals surface area contributed by atoms with Gasteiger partial charge in [0.25, 0.3) is 11.8 Å². The zero-order valence-electron chi connectivity index (χ0n) is 14.8. The number of rotatable bonds is 4. The maximum atomic E-state index is 12.2. The van der Waals surface area contributed by atoms with E-state index in [0.29, 0.717) is 11.4 Å². The molecule has 0 saturated heterocycles. The summed E-state index contributed by atoms with van der Waals surface area (Å²) in [6.45, 7) is 1.36. The van der Waals surface area contributed by atoms with Crippen LogP contribution in [0.3, 0.4) is 0 Å². The summed E-state index contributed by atoms with van der Waals surface area (Å²) in [6, 6.07) is 15.2. The Morgan fingerprint density at radius 3 is 2.39 bits per heavy atom. The Labute approximate surface area is 160 Å². The highest BCUT2D eigenvalue weighted by atomic mass is 16.3. The number of para-hydroxylation sites is 1. The fourth-order valence-electron chi connectivity index (χ4n) is 2.43. The quantitative estimate of drug-likeness (QED) is 0.513. The molecule has 0 aliphatic heterocycles. The number of amides is 3. The SMILES string of the molecule is CC(=O)Nc1cccc(C(=O)NNC(=O)c2nn(-c3ccccc3)cc2O)c1. The summed E-state index contributed by atoms with van der Waals surface area (Å²) in [7, 11) is 0. The Balaban J connectivity index is 1.67. The first kappa shape index (κ1) is 18.6. The molecule has 0 fully saturated rings. The molecule has 4 N–H and O–H groups in total. The molecule has 3 amide bonds. The summed E-state index contributed by atoms with van der Waals surface area (Å²) in [6.07, 6.45) is 1.29. The lowest BCUT2D eigenvalue weighted by molar-refractivity contribution is -0.114. The van der Waals surface area contributed by atoms with E-state index in [9.17, 15) is 19.5 Å². The van der Waals surface area contributed by atoms with E-state index in [0.717, 1.165) is 0 Å². The van der Waals surface area contributed by atoms with E-state index in [1.54, 1.807) is 36.4 Å². The first-order chi connectivity index (χ1) is 13.4. The van der Waals surface area contributed by atoms with Crippen molar-refractivity contribution < 1.29 is 19.5 Å². The average Bonchev–Trinajstić information content (AvgIpc) is 3.08. The number of hydrogen-bond donors (Lipinski definition) is 4. The monoisotopic (exact) mass is 379 g/mol. The molecule has 0 bridgehead atoms. The van der Waals surface area contributed by atoms with Crippen molar-refractivity contribution in [1.29, 1.82) is 0 Å². The van der Waals surface area contributed by atoms with Crippen LogP contribution in [0, 0.1) is 0 Å². The number of anilines is 1. The van der Waals surface area contributed by atoms with Crippen LogP contribution in [0.15, 0.2) is 60.8 Å². The largest absolute Gasteiger partial charge is 0.504 e. The second kappa shape index (κ2) is 8.04. The standard InChI is InChI=1S/C19H17N5O4/c1-12(25)20-14-7-5-6-13(10-14)18(27)21-22-19(28)17-16(26)11-24(23-17)15-8-3-2-4-9-15/h2-11,26H,1H3,(H,20,25)(H,21,27)(H,22,28). The number of hydrogen-bond acceptors (Lipinski definition) is 5. The van der Waals surface area contributed by atoms with Crippen molar-refractivity contribution in [3.8, 4) is 11.4 Å². The van der Waals surface area contributed by atoms with Crippen LogP contribution in [0.2, 0.25) is 0 Å². The molecule has 0 aliphatic rings. The van der Waals surface area contributed by atoms with Gasteiger partial charge in [-0.1, -0.05) is 24.3 Å².